The normalized spacial score (nSPS) is 11.4. The number of carbonyl (C=O) groups is 2. The number of nitrogens with zero attached hydrogens (tertiary/aromatic N) is 1. The molecule has 0 aliphatic heterocycles. The van der Waals surface area contributed by atoms with E-state index in [-0.39, 0.29) is 0 Å². The number of hydrazone groups is 1. The average molecular weight is 373 g/mol. The highest BCUT2D eigenvalue weighted by Gasteiger charge is 2.07. The van der Waals surface area contributed by atoms with E-state index in [0.717, 1.165) is 27.8 Å². The summed E-state index contributed by atoms with van der Waals surface area (Å²) in [5.74, 6) is -1.81. The molecule has 0 aliphatic carbocycles. The van der Waals surface area contributed by atoms with E-state index < -0.39 is 11.9 Å². The molecule has 0 aromatic heterocycles. The molecule has 2 N–H and O–H groups in total. The molecule has 0 radical (unpaired) electrons. The van der Waals surface area contributed by atoms with Crippen LogP contribution in [-0.4, -0.2) is 22.7 Å². The van der Waals surface area contributed by atoms with Crippen LogP contribution >= 0.6 is 15.9 Å². The molecule has 2 aromatic carbocycles. The maximum absolute atomic E-state index is 11.6. The zero-order valence-electron chi connectivity index (χ0n) is 11.9. The van der Waals surface area contributed by atoms with Gasteiger partial charge in [-0.1, -0.05) is 58.4 Å². The second kappa shape index (κ2) is 8.05. The molecule has 0 bridgehead atoms. The van der Waals surface area contributed by atoms with E-state index in [9.17, 15) is 9.59 Å². The number of benzene rings is 2. The van der Waals surface area contributed by atoms with Gasteiger partial charge in [-0.3, -0.25) is 4.79 Å². The molecular weight excluding hydrogens is 360 g/mol. The van der Waals surface area contributed by atoms with Crippen LogP contribution in [0.1, 0.15) is 11.1 Å². The van der Waals surface area contributed by atoms with Crippen molar-refractivity contribution in [2.24, 2.45) is 5.10 Å². The molecule has 0 heterocycles. The summed E-state index contributed by atoms with van der Waals surface area (Å²) in [4.78, 5) is 22.0. The second-order valence-corrected chi connectivity index (χ2v) is 5.40. The Morgan fingerprint density at radius 1 is 0.957 bits per heavy atom. The SMILES string of the molecule is O=C(O)/C=C/C(=O)N/N=C(/c1ccccc1)c1ccc(Br)cc1. The Bertz CT molecular complexity index is 753. The summed E-state index contributed by atoms with van der Waals surface area (Å²) in [6.07, 6.45) is 1.67. The van der Waals surface area contributed by atoms with Gasteiger partial charge in [0.25, 0.3) is 5.91 Å². The molecule has 0 spiro atoms. The third-order valence-corrected chi connectivity index (χ3v) is 3.35. The van der Waals surface area contributed by atoms with Crippen LogP contribution in [-0.2, 0) is 9.59 Å². The monoisotopic (exact) mass is 372 g/mol. The minimum absolute atomic E-state index is 0.579. The Balaban J connectivity index is 2.30. The van der Waals surface area contributed by atoms with E-state index in [0.29, 0.717) is 5.71 Å². The molecule has 116 valence electrons. The predicted octanol–water partition coefficient (Wildman–Crippen LogP) is 2.96. The van der Waals surface area contributed by atoms with Gasteiger partial charge in [-0.05, 0) is 12.1 Å². The fourth-order valence-corrected chi connectivity index (χ4v) is 2.06. The maximum atomic E-state index is 11.6. The summed E-state index contributed by atoms with van der Waals surface area (Å²) in [7, 11) is 0. The van der Waals surface area contributed by atoms with Crippen molar-refractivity contribution in [3.05, 3.63) is 82.3 Å². The van der Waals surface area contributed by atoms with Crippen molar-refractivity contribution < 1.29 is 14.7 Å². The largest absolute Gasteiger partial charge is 0.478 e. The van der Waals surface area contributed by atoms with Gasteiger partial charge in [0.05, 0.1) is 5.71 Å². The Hall–Kier alpha value is -2.73. The molecule has 2 rings (SSSR count). The van der Waals surface area contributed by atoms with Crippen LogP contribution in [0.25, 0.3) is 0 Å². The van der Waals surface area contributed by atoms with Gasteiger partial charge in [0.1, 0.15) is 0 Å². The van der Waals surface area contributed by atoms with Crippen molar-refractivity contribution in [3.8, 4) is 0 Å². The van der Waals surface area contributed by atoms with E-state index >= 15 is 0 Å². The molecule has 0 saturated carbocycles. The van der Waals surface area contributed by atoms with Crippen LogP contribution < -0.4 is 5.43 Å². The minimum Gasteiger partial charge on any atom is -0.478 e. The molecule has 5 nitrogen and oxygen atoms in total. The van der Waals surface area contributed by atoms with Gasteiger partial charge in [-0.2, -0.15) is 5.10 Å². The zero-order chi connectivity index (χ0) is 16.7. The van der Waals surface area contributed by atoms with Crippen molar-refractivity contribution in [1.29, 1.82) is 0 Å². The number of carbonyl (C=O) groups excluding carboxylic acids is 1. The first-order chi connectivity index (χ1) is 11.1. The first kappa shape index (κ1) is 16.6. The van der Waals surface area contributed by atoms with E-state index in [1.807, 2.05) is 54.6 Å². The lowest BCUT2D eigenvalue weighted by molar-refractivity contribution is -0.131. The van der Waals surface area contributed by atoms with Crippen molar-refractivity contribution in [2.75, 3.05) is 0 Å². The number of hydrogen-bond donors (Lipinski definition) is 2. The van der Waals surface area contributed by atoms with Crippen LogP contribution in [0.5, 0.6) is 0 Å². The van der Waals surface area contributed by atoms with E-state index in [1.165, 1.54) is 0 Å². The quantitative estimate of drug-likeness (QED) is 0.481. The van der Waals surface area contributed by atoms with Crippen LogP contribution in [0.15, 0.2) is 76.3 Å². The summed E-state index contributed by atoms with van der Waals surface area (Å²) in [6.45, 7) is 0. The smallest absolute Gasteiger partial charge is 0.328 e. The number of rotatable bonds is 5. The van der Waals surface area contributed by atoms with Crippen molar-refractivity contribution >= 4 is 33.5 Å². The van der Waals surface area contributed by atoms with Crippen molar-refractivity contribution in [2.45, 2.75) is 0 Å². The fourth-order valence-electron chi connectivity index (χ4n) is 1.79. The number of hydrogen-bond acceptors (Lipinski definition) is 3. The van der Waals surface area contributed by atoms with Crippen molar-refractivity contribution in [3.63, 3.8) is 0 Å². The summed E-state index contributed by atoms with van der Waals surface area (Å²) < 4.78 is 0.932. The number of carboxylic acid groups (broad SMARTS) is 1. The second-order valence-electron chi connectivity index (χ2n) is 4.48. The minimum atomic E-state index is -1.19. The van der Waals surface area contributed by atoms with Gasteiger partial charge in [0, 0.05) is 27.8 Å². The molecular formula is C17H13BrN2O3. The summed E-state index contributed by atoms with van der Waals surface area (Å²) >= 11 is 3.37. The van der Waals surface area contributed by atoms with Gasteiger partial charge in [0.15, 0.2) is 0 Å². The first-order valence-corrected chi connectivity index (χ1v) is 7.45. The summed E-state index contributed by atoms with van der Waals surface area (Å²) in [5.41, 5.74) is 4.57. The lowest BCUT2D eigenvalue weighted by Crippen LogP contribution is -2.18. The highest BCUT2D eigenvalue weighted by molar-refractivity contribution is 9.10. The first-order valence-electron chi connectivity index (χ1n) is 6.66. The van der Waals surface area contributed by atoms with Gasteiger partial charge in [-0.25, -0.2) is 10.2 Å². The zero-order valence-corrected chi connectivity index (χ0v) is 13.5. The van der Waals surface area contributed by atoms with Crippen LogP contribution in [0.2, 0.25) is 0 Å². The number of aliphatic carboxylic acids is 1. The highest BCUT2D eigenvalue weighted by atomic mass is 79.9. The van der Waals surface area contributed by atoms with Crippen LogP contribution in [0, 0.1) is 0 Å². The highest BCUT2D eigenvalue weighted by Crippen LogP contribution is 2.15. The molecule has 1 amide bonds. The number of amides is 1. The Kier molecular flexibility index (Phi) is 5.82. The maximum Gasteiger partial charge on any atom is 0.328 e. The molecule has 0 unspecified atom stereocenters. The van der Waals surface area contributed by atoms with E-state index in [2.05, 4.69) is 26.5 Å². The summed E-state index contributed by atoms with van der Waals surface area (Å²) in [6, 6.07) is 16.9. The molecule has 2 aromatic rings. The van der Waals surface area contributed by atoms with Gasteiger partial charge in [-0.15, -0.1) is 0 Å². The number of nitrogens with one attached hydrogen (secondary N) is 1. The Labute approximate surface area is 141 Å². The molecule has 23 heavy (non-hydrogen) atoms. The average Bonchev–Trinajstić information content (AvgIpc) is 2.55. The van der Waals surface area contributed by atoms with Crippen LogP contribution in [0.4, 0.5) is 0 Å². The van der Waals surface area contributed by atoms with Crippen molar-refractivity contribution in [1.82, 2.24) is 5.43 Å². The third-order valence-electron chi connectivity index (χ3n) is 2.82. The lowest BCUT2D eigenvalue weighted by Gasteiger charge is -2.07. The molecule has 0 fully saturated rings. The van der Waals surface area contributed by atoms with Gasteiger partial charge >= 0.3 is 5.97 Å². The predicted molar refractivity (Wildman–Crippen MR) is 91.1 cm³/mol. The standard InChI is InChI=1S/C17H13BrN2O3/c18-14-8-6-13(7-9-14)17(12-4-2-1-3-5-12)20-19-15(21)10-11-16(22)23/h1-11H,(H,19,21)(H,22,23)/b11-10+,20-17-. The molecule has 0 atom stereocenters. The summed E-state index contributed by atoms with van der Waals surface area (Å²) in [5, 5.41) is 12.6. The van der Waals surface area contributed by atoms with Gasteiger partial charge < -0.3 is 5.11 Å². The number of halogens is 1. The van der Waals surface area contributed by atoms with Crippen LogP contribution in [0.3, 0.4) is 0 Å². The molecule has 6 heteroatoms. The molecule has 0 aliphatic rings. The Morgan fingerprint density at radius 2 is 1.57 bits per heavy atom. The van der Waals surface area contributed by atoms with E-state index in [1.54, 1.807) is 0 Å². The molecule has 0 saturated heterocycles. The lowest BCUT2D eigenvalue weighted by atomic mass is 10.0. The topological polar surface area (TPSA) is 78.8 Å². The fraction of sp³-hybridized carbons (Fsp3) is 0. The van der Waals surface area contributed by atoms with E-state index in [4.69, 9.17) is 5.11 Å². The third kappa shape index (κ3) is 5.19. The van der Waals surface area contributed by atoms with Gasteiger partial charge in [0.2, 0.25) is 0 Å². The number of carboxylic acids is 1. The Morgan fingerprint density at radius 3 is 2.17 bits per heavy atom.